The summed E-state index contributed by atoms with van der Waals surface area (Å²) in [7, 11) is 0. The predicted octanol–water partition coefficient (Wildman–Crippen LogP) is 5.44. The Kier molecular flexibility index (Phi) is 8.12. The van der Waals surface area contributed by atoms with E-state index in [1.165, 1.54) is 11.3 Å². The van der Waals surface area contributed by atoms with Crippen molar-refractivity contribution in [1.82, 2.24) is 24.8 Å². The molecule has 0 saturated carbocycles. The van der Waals surface area contributed by atoms with E-state index in [1.54, 1.807) is 17.5 Å². The molecule has 0 unspecified atom stereocenters. The quantitative estimate of drug-likeness (QED) is 0.267. The molecular formula is C27H30N8OS2. The highest BCUT2D eigenvalue weighted by molar-refractivity contribution is 7.17. The fourth-order valence-corrected chi connectivity index (χ4v) is 6.04. The summed E-state index contributed by atoms with van der Waals surface area (Å²) in [4.78, 5) is 31.6. The fraction of sp³-hybridized carbons (Fsp3) is 0.370. The second-order valence-corrected chi connectivity index (χ2v) is 11.4. The third-order valence-corrected chi connectivity index (χ3v) is 8.13. The van der Waals surface area contributed by atoms with Crippen molar-refractivity contribution in [2.24, 2.45) is 0 Å². The van der Waals surface area contributed by atoms with Crippen LogP contribution in [0.3, 0.4) is 0 Å². The number of amides is 1. The molecule has 196 valence electrons. The van der Waals surface area contributed by atoms with E-state index < -0.39 is 0 Å². The first-order chi connectivity index (χ1) is 18.5. The van der Waals surface area contributed by atoms with Crippen LogP contribution in [0.4, 0.5) is 17.2 Å². The molecule has 0 spiro atoms. The summed E-state index contributed by atoms with van der Waals surface area (Å²) in [6, 6.07) is 10.5. The van der Waals surface area contributed by atoms with Gasteiger partial charge in [0.2, 0.25) is 0 Å². The van der Waals surface area contributed by atoms with Crippen molar-refractivity contribution in [3.05, 3.63) is 47.0 Å². The standard InChI is InChI=1S/C27H30N8OS2/c1-18(2)32-22-14-25(33-19-5-6-21-23(13-19)37-17-31-21)29-15-20(22)26-30-16-24(38-26)27(36)35-11-9-34(10-12-35)8-4-3-7-28/h5-6,13-18H,3-4,8-12H2,1-2H3,(H2,29,32,33). The van der Waals surface area contributed by atoms with Gasteiger partial charge in [0.15, 0.2) is 0 Å². The Hall–Kier alpha value is -3.59. The largest absolute Gasteiger partial charge is 0.382 e. The van der Waals surface area contributed by atoms with Gasteiger partial charge in [0.1, 0.15) is 15.7 Å². The van der Waals surface area contributed by atoms with Gasteiger partial charge < -0.3 is 15.5 Å². The van der Waals surface area contributed by atoms with E-state index >= 15 is 0 Å². The number of nitrogens with one attached hydrogen (secondary N) is 2. The number of thiazole rings is 2. The fourth-order valence-electron chi connectivity index (χ4n) is 4.41. The second-order valence-electron chi connectivity index (χ2n) is 9.50. The van der Waals surface area contributed by atoms with Crippen LogP contribution in [0.15, 0.2) is 42.2 Å². The van der Waals surface area contributed by atoms with Crippen LogP contribution in [-0.4, -0.2) is 69.4 Å². The van der Waals surface area contributed by atoms with Crippen molar-refractivity contribution < 1.29 is 4.79 Å². The van der Waals surface area contributed by atoms with E-state index in [2.05, 4.69) is 56.5 Å². The van der Waals surface area contributed by atoms with Crippen LogP contribution < -0.4 is 10.6 Å². The SMILES string of the molecule is CC(C)Nc1cc(Nc2ccc3ncsc3c2)ncc1-c1ncc(C(=O)N2CCN(CCCC#N)CC2)s1. The molecule has 38 heavy (non-hydrogen) atoms. The number of carbonyl (C=O) groups is 1. The minimum absolute atomic E-state index is 0.0218. The number of unbranched alkanes of at least 4 members (excludes halogenated alkanes) is 1. The molecule has 1 amide bonds. The number of pyridine rings is 1. The van der Waals surface area contributed by atoms with E-state index in [-0.39, 0.29) is 11.9 Å². The zero-order valence-corrected chi connectivity index (χ0v) is 23.1. The molecule has 1 aliphatic rings. The molecule has 0 radical (unpaired) electrons. The lowest BCUT2D eigenvalue weighted by Crippen LogP contribution is -2.48. The van der Waals surface area contributed by atoms with Gasteiger partial charge in [-0.05, 0) is 45.0 Å². The number of hydrogen-bond acceptors (Lipinski definition) is 10. The van der Waals surface area contributed by atoms with Gasteiger partial charge in [-0.2, -0.15) is 5.26 Å². The summed E-state index contributed by atoms with van der Waals surface area (Å²) >= 11 is 3.01. The van der Waals surface area contributed by atoms with Crippen LogP contribution in [0, 0.1) is 11.3 Å². The lowest BCUT2D eigenvalue weighted by atomic mass is 10.2. The summed E-state index contributed by atoms with van der Waals surface area (Å²) in [5, 5.41) is 16.4. The smallest absolute Gasteiger partial charge is 0.265 e. The second kappa shape index (κ2) is 11.9. The van der Waals surface area contributed by atoms with Crippen molar-refractivity contribution >= 4 is 56.0 Å². The highest BCUT2D eigenvalue weighted by atomic mass is 32.1. The van der Waals surface area contributed by atoms with Gasteiger partial charge in [0.05, 0.1) is 33.6 Å². The number of piperazine rings is 1. The summed E-state index contributed by atoms with van der Waals surface area (Å²) in [5.74, 6) is 0.745. The van der Waals surface area contributed by atoms with Gasteiger partial charge in [-0.25, -0.2) is 15.0 Å². The monoisotopic (exact) mass is 546 g/mol. The molecule has 11 heteroatoms. The molecule has 1 aromatic carbocycles. The average molecular weight is 547 g/mol. The van der Waals surface area contributed by atoms with Gasteiger partial charge in [-0.3, -0.25) is 9.69 Å². The third kappa shape index (κ3) is 6.10. The van der Waals surface area contributed by atoms with E-state index in [0.717, 1.165) is 64.0 Å². The maximum absolute atomic E-state index is 13.2. The lowest BCUT2D eigenvalue weighted by Gasteiger charge is -2.34. The summed E-state index contributed by atoms with van der Waals surface area (Å²) in [6.45, 7) is 8.13. The molecule has 5 rings (SSSR count). The first-order valence-corrected chi connectivity index (χ1v) is 14.4. The number of carbonyl (C=O) groups excluding carboxylic acids is 1. The Morgan fingerprint density at radius 1 is 1.13 bits per heavy atom. The topological polar surface area (TPSA) is 110 Å². The zero-order valence-electron chi connectivity index (χ0n) is 21.5. The minimum atomic E-state index is 0.0218. The molecule has 9 nitrogen and oxygen atoms in total. The first kappa shape index (κ1) is 26.0. The van der Waals surface area contributed by atoms with Crippen molar-refractivity contribution in [1.29, 1.82) is 5.26 Å². The van der Waals surface area contributed by atoms with Crippen molar-refractivity contribution in [2.75, 3.05) is 43.4 Å². The minimum Gasteiger partial charge on any atom is -0.382 e. The van der Waals surface area contributed by atoms with Crippen LogP contribution in [0.25, 0.3) is 20.8 Å². The van der Waals surface area contributed by atoms with Crippen molar-refractivity contribution in [3.8, 4) is 16.6 Å². The number of anilines is 3. The van der Waals surface area contributed by atoms with Gasteiger partial charge in [0, 0.05) is 62.3 Å². The van der Waals surface area contributed by atoms with Gasteiger partial charge in [-0.15, -0.1) is 22.7 Å². The Balaban J connectivity index is 1.29. The molecule has 0 atom stereocenters. The Morgan fingerprint density at radius 2 is 1.97 bits per heavy atom. The average Bonchev–Trinajstić information content (AvgIpc) is 3.59. The first-order valence-electron chi connectivity index (χ1n) is 12.7. The highest BCUT2D eigenvalue weighted by Gasteiger charge is 2.24. The van der Waals surface area contributed by atoms with E-state index in [9.17, 15) is 4.79 Å². The van der Waals surface area contributed by atoms with Crippen LogP contribution >= 0.6 is 22.7 Å². The maximum atomic E-state index is 13.2. The van der Waals surface area contributed by atoms with Crippen LogP contribution in [0.2, 0.25) is 0 Å². The molecule has 4 aromatic rings. The third-order valence-electron chi connectivity index (χ3n) is 6.32. The van der Waals surface area contributed by atoms with Crippen molar-refractivity contribution in [2.45, 2.75) is 32.7 Å². The van der Waals surface area contributed by atoms with Crippen LogP contribution in [0.5, 0.6) is 0 Å². The molecule has 4 heterocycles. The number of fused-ring (bicyclic) bond motifs is 1. The maximum Gasteiger partial charge on any atom is 0.265 e. The summed E-state index contributed by atoms with van der Waals surface area (Å²) in [6.07, 6.45) is 4.94. The number of hydrogen-bond donors (Lipinski definition) is 2. The molecule has 3 aromatic heterocycles. The van der Waals surface area contributed by atoms with Crippen LogP contribution in [-0.2, 0) is 0 Å². The van der Waals surface area contributed by atoms with Gasteiger partial charge >= 0.3 is 0 Å². The predicted molar refractivity (Wildman–Crippen MR) is 154 cm³/mol. The molecule has 0 aliphatic carbocycles. The van der Waals surface area contributed by atoms with E-state index in [1.807, 2.05) is 34.8 Å². The highest BCUT2D eigenvalue weighted by Crippen LogP contribution is 2.34. The number of nitriles is 1. The zero-order chi connectivity index (χ0) is 26.5. The Bertz CT molecular complexity index is 1450. The Labute approximate surface area is 230 Å². The number of aromatic nitrogens is 3. The van der Waals surface area contributed by atoms with E-state index in [0.29, 0.717) is 24.4 Å². The molecule has 0 bridgehead atoms. The summed E-state index contributed by atoms with van der Waals surface area (Å²) in [5.41, 5.74) is 5.56. The van der Waals surface area contributed by atoms with Crippen molar-refractivity contribution in [3.63, 3.8) is 0 Å². The van der Waals surface area contributed by atoms with Crippen LogP contribution in [0.1, 0.15) is 36.4 Å². The Morgan fingerprint density at radius 3 is 2.76 bits per heavy atom. The summed E-state index contributed by atoms with van der Waals surface area (Å²) < 4.78 is 1.12. The van der Waals surface area contributed by atoms with Gasteiger partial charge in [-0.1, -0.05) is 0 Å². The van der Waals surface area contributed by atoms with Gasteiger partial charge in [0.25, 0.3) is 5.91 Å². The number of benzene rings is 1. The molecule has 1 aliphatic heterocycles. The molecule has 1 saturated heterocycles. The molecule has 2 N–H and O–H groups in total. The van der Waals surface area contributed by atoms with E-state index in [4.69, 9.17) is 5.26 Å². The normalized spacial score (nSPS) is 14.1. The lowest BCUT2D eigenvalue weighted by molar-refractivity contribution is 0.0641. The molecule has 1 fully saturated rings. The molecular weight excluding hydrogens is 516 g/mol. The number of rotatable bonds is 9. The number of nitrogens with zero attached hydrogens (tertiary/aromatic N) is 6.